The Morgan fingerprint density at radius 2 is 1.94 bits per heavy atom. The predicted octanol–water partition coefficient (Wildman–Crippen LogP) is 2.16. The Labute approximate surface area is 103 Å². The first kappa shape index (κ1) is 11.9. The average Bonchev–Trinajstić information content (AvgIpc) is 2.40. The molecule has 2 N–H and O–H groups in total. The standard InChI is InChI=1S/C14H19N3/c15-8-5-12-1-3-14(4-2-12)17-11-13-6-9-16-10-7-13/h1-4,13,16-17H,5-7,9-11H2. The molecule has 1 aromatic carbocycles. The smallest absolute Gasteiger partial charge is 0.0669 e. The maximum atomic E-state index is 8.59. The van der Waals surface area contributed by atoms with E-state index in [0.29, 0.717) is 6.42 Å². The van der Waals surface area contributed by atoms with Crippen LogP contribution in [0, 0.1) is 17.2 Å². The van der Waals surface area contributed by atoms with E-state index < -0.39 is 0 Å². The van der Waals surface area contributed by atoms with Crippen molar-refractivity contribution in [2.45, 2.75) is 19.3 Å². The summed E-state index contributed by atoms with van der Waals surface area (Å²) in [7, 11) is 0. The first-order valence-electron chi connectivity index (χ1n) is 6.29. The van der Waals surface area contributed by atoms with Gasteiger partial charge in [-0.05, 0) is 49.5 Å². The van der Waals surface area contributed by atoms with E-state index in [-0.39, 0.29) is 0 Å². The molecule has 1 fully saturated rings. The van der Waals surface area contributed by atoms with E-state index in [1.54, 1.807) is 0 Å². The van der Waals surface area contributed by atoms with Crippen LogP contribution < -0.4 is 10.6 Å². The molecular formula is C14H19N3. The van der Waals surface area contributed by atoms with Crippen LogP contribution in [0.1, 0.15) is 18.4 Å². The number of piperidine rings is 1. The van der Waals surface area contributed by atoms with Crippen molar-refractivity contribution >= 4 is 5.69 Å². The van der Waals surface area contributed by atoms with Gasteiger partial charge in [0.2, 0.25) is 0 Å². The van der Waals surface area contributed by atoms with Gasteiger partial charge in [-0.2, -0.15) is 5.26 Å². The molecule has 0 atom stereocenters. The third-order valence-electron chi connectivity index (χ3n) is 3.29. The minimum Gasteiger partial charge on any atom is -0.385 e. The molecule has 1 heterocycles. The fraction of sp³-hybridized carbons (Fsp3) is 0.500. The number of hydrogen-bond acceptors (Lipinski definition) is 3. The molecule has 0 bridgehead atoms. The molecule has 1 aliphatic rings. The van der Waals surface area contributed by atoms with Gasteiger partial charge in [0.15, 0.2) is 0 Å². The van der Waals surface area contributed by atoms with Crippen molar-refractivity contribution in [2.75, 3.05) is 25.0 Å². The van der Waals surface area contributed by atoms with Gasteiger partial charge in [0.05, 0.1) is 12.5 Å². The Kier molecular flexibility index (Phi) is 4.40. The van der Waals surface area contributed by atoms with Gasteiger partial charge in [0, 0.05) is 12.2 Å². The van der Waals surface area contributed by atoms with Crippen molar-refractivity contribution in [3.8, 4) is 6.07 Å². The van der Waals surface area contributed by atoms with Crippen molar-refractivity contribution < 1.29 is 0 Å². The fourth-order valence-electron chi connectivity index (χ4n) is 2.18. The number of benzene rings is 1. The highest BCUT2D eigenvalue weighted by Gasteiger charge is 2.12. The largest absolute Gasteiger partial charge is 0.385 e. The Balaban J connectivity index is 1.80. The molecule has 0 amide bonds. The van der Waals surface area contributed by atoms with Crippen LogP contribution >= 0.6 is 0 Å². The second-order valence-corrected chi connectivity index (χ2v) is 4.61. The lowest BCUT2D eigenvalue weighted by Gasteiger charge is -2.23. The Morgan fingerprint density at radius 3 is 2.59 bits per heavy atom. The number of anilines is 1. The van der Waals surface area contributed by atoms with Crippen LogP contribution in [0.2, 0.25) is 0 Å². The Bertz CT molecular complexity index is 371. The third-order valence-corrected chi connectivity index (χ3v) is 3.29. The summed E-state index contributed by atoms with van der Waals surface area (Å²) in [6.07, 6.45) is 3.02. The van der Waals surface area contributed by atoms with Crippen molar-refractivity contribution in [3.05, 3.63) is 29.8 Å². The van der Waals surface area contributed by atoms with Crippen molar-refractivity contribution in [2.24, 2.45) is 5.92 Å². The molecule has 0 saturated carbocycles. The monoisotopic (exact) mass is 229 g/mol. The van der Waals surface area contributed by atoms with Crippen LogP contribution in [0.25, 0.3) is 0 Å². The highest BCUT2D eigenvalue weighted by atomic mass is 14.9. The van der Waals surface area contributed by atoms with Gasteiger partial charge in [-0.1, -0.05) is 12.1 Å². The van der Waals surface area contributed by atoms with Crippen LogP contribution in [-0.4, -0.2) is 19.6 Å². The lowest BCUT2D eigenvalue weighted by atomic mass is 9.98. The lowest BCUT2D eigenvalue weighted by Crippen LogP contribution is -2.31. The van der Waals surface area contributed by atoms with E-state index in [1.165, 1.54) is 12.8 Å². The third kappa shape index (κ3) is 3.76. The second-order valence-electron chi connectivity index (χ2n) is 4.61. The summed E-state index contributed by atoms with van der Waals surface area (Å²) < 4.78 is 0. The molecule has 0 aliphatic carbocycles. The highest BCUT2D eigenvalue weighted by Crippen LogP contribution is 2.14. The second kappa shape index (κ2) is 6.27. The zero-order chi connectivity index (χ0) is 11.9. The molecule has 0 unspecified atom stereocenters. The normalized spacial score (nSPS) is 16.4. The summed E-state index contributed by atoms with van der Waals surface area (Å²) in [5.41, 5.74) is 2.24. The van der Waals surface area contributed by atoms with Crippen molar-refractivity contribution in [1.29, 1.82) is 5.26 Å². The molecule has 2 rings (SSSR count). The van der Waals surface area contributed by atoms with E-state index in [4.69, 9.17) is 5.26 Å². The summed E-state index contributed by atoms with van der Waals surface area (Å²) in [6, 6.07) is 10.3. The number of nitrogens with one attached hydrogen (secondary N) is 2. The van der Waals surface area contributed by atoms with Gasteiger partial charge in [0.1, 0.15) is 0 Å². The molecular weight excluding hydrogens is 210 g/mol. The lowest BCUT2D eigenvalue weighted by molar-refractivity contribution is 0.390. The van der Waals surface area contributed by atoms with E-state index in [2.05, 4.69) is 28.8 Å². The predicted molar refractivity (Wildman–Crippen MR) is 69.8 cm³/mol. The summed E-state index contributed by atoms with van der Waals surface area (Å²) in [5, 5.41) is 15.4. The van der Waals surface area contributed by atoms with Gasteiger partial charge in [0.25, 0.3) is 0 Å². The SMILES string of the molecule is N#CCc1ccc(NCC2CCNCC2)cc1. The molecule has 17 heavy (non-hydrogen) atoms. The van der Waals surface area contributed by atoms with Crippen LogP contribution in [0.5, 0.6) is 0 Å². The number of nitriles is 1. The minimum atomic E-state index is 0.495. The Hall–Kier alpha value is -1.53. The number of hydrogen-bond donors (Lipinski definition) is 2. The average molecular weight is 229 g/mol. The first-order chi connectivity index (χ1) is 8.38. The van der Waals surface area contributed by atoms with Crippen molar-refractivity contribution in [3.63, 3.8) is 0 Å². The van der Waals surface area contributed by atoms with E-state index in [9.17, 15) is 0 Å². The molecule has 0 spiro atoms. The summed E-state index contributed by atoms with van der Waals surface area (Å²) in [6.45, 7) is 3.35. The zero-order valence-electron chi connectivity index (χ0n) is 10.1. The Morgan fingerprint density at radius 1 is 1.24 bits per heavy atom. The molecule has 3 nitrogen and oxygen atoms in total. The van der Waals surface area contributed by atoms with Gasteiger partial charge < -0.3 is 10.6 Å². The van der Waals surface area contributed by atoms with Gasteiger partial charge >= 0.3 is 0 Å². The van der Waals surface area contributed by atoms with Crippen LogP contribution in [0.3, 0.4) is 0 Å². The van der Waals surface area contributed by atoms with Crippen LogP contribution in [0.15, 0.2) is 24.3 Å². The van der Waals surface area contributed by atoms with Gasteiger partial charge in [-0.15, -0.1) is 0 Å². The molecule has 3 heteroatoms. The van der Waals surface area contributed by atoms with E-state index >= 15 is 0 Å². The molecule has 0 radical (unpaired) electrons. The van der Waals surface area contributed by atoms with Crippen molar-refractivity contribution in [1.82, 2.24) is 5.32 Å². The highest BCUT2D eigenvalue weighted by molar-refractivity contribution is 5.45. The summed E-state index contributed by atoms with van der Waals surface area (Å²) in [4.78, 5) is 0. The maximum Gasteiger partial charge on any atom is 0.0669 e. The maximum absolute atomic E-state index is 8.59. The topological polar surface area (TPSA) is 47.9 Å². The van der Waals surface area contributed by atoms with Crippen LogP contribution in [-0.2, 0) is 6.42 Å². The molecule has 0 aromatic heterocycles. The fourth-order valence-corrected chi connectivity index (χ4v) is 2.18. The molecule has 90 valence electrons. The first-order valence-corrected chi connectivity index (χ1v) is 6.29. The number of rotatable bonds is 4. The zero-order valence-corrected chi connectivity index (χ0v) is 10.1. The van der Waals surface area contributed by atoms with Gasteiger partial charge in [-0.25, -0.2) is 0 Å². The molecule has 1 aliphatic heterocycles. The molecule has 1 aromatic rings. The van der Waals surface area contributed by atoms with Gasteiger partial charge in [-0.3, -0.25) is 0 Å². The summed E-state index contributed by atoms with van der Waals surface area (Å²) in [5.74, 6) is 0.787. The number of nitrogens with zero attached hydrogens (tertiary/aromatic N) is 1. The molecule has 1 saturated heterocycles. The van der Waals surface area contributed by atoms with E-state index in [1.807, 2.05) is 12.1 Å². The quantitative estimate of drug-likeness (QED) is 0.831. The van der Waals surface area contributed by atoms with E-state index in [0.717, 1.165) is 36.8 Å². The minimum absolute atomic E-state index is 0.495. The van der Waals surface area contributed by atoms with Crippen LogP contribution in [0.4, 0.5) is 5.69 Å². The summed E-state index contributed by atoms with van der Waals surface area (Å²) >= 11 is 0.